The van der Waals surface area contributed by atoms with Gasteiger partial charge in [0.2, 0.25) is 5.91 Å². The van der Waals surface area contributed by atoms with Gasteiger partial charge in [0.25, 0.3) is 0 Å². The quantitative estimate of drug-likeness (QED) is 0.863. The molecule has 3 N–H and O–H groups in total. The standard InChI is InChI=1S/C13H19BrN2O3/c1-13(2,15)12(17)16-7-8-5-9(14)11(19-4)10(6-8)18-3/h5-6H,7,15H2,1-4H3,(H,16,17). The summed E-state index contributed by atoms with van der Waals surface area (Å²) >= 11 is 3.40. The van der Waals surface area contributed by atoms with Crippen LogP contribution < -0.4 is 20.5 Å². The van der Waals surface area contributed by atoms with E-state index in [1.165, 1.54) is 0 Å². The summed E-state index contributed by atoms with van der Waals surface area (Å²) in [4.78, 5) is 11.7. The summed E-state index contributed by atoms with van der Waals surface area (Å²) < 4.78 is 11.2. The fourth-order valence-electron chi connectivity index (χ4n) is 1.48. The highest BCUT2D eigenvalue weighted by molar-refractivity contribution is 9.10. The molecular formula is C13H19BrN2O3. The Bertz CT molecular complexity index is 470. The fourth-order valence-corrected chi connectivity index (χ4v) is 2.13. The third-order valence-electron chi connectivity index (χ3n) is 2.53. The lowest BCUT2D eigenvalue weighted by Crippen LogP contribution is -2.48. The largest absolute Gasteiger partial charge is 0.493 e. The first-order valence-electron chi connectivity index (χ1n) is 5.77. The van der Waals surface area contributed by atoms with Crippen LogP contribution in [0.25, 0.3) is 0 Å². The highest BCUT2D eigenvalue weighted by atomic mass is 79.9. The molecule has 0 radical (unpaired) electrons. The molecule has 0 aliphatic heterocycles. The number of hydrogen-bond acceptors (Lipinski definition) is 4. The van der Waals surface area contributed by atoms with E-state index in [-0.39, 0.29) is 5.91 Å². The molecule has 5 nitrogen and oxygen atoms in total. The molecule has 1 aromatic carbocycles. The van der Waals surface area contributed by atoms with E-state index in [2.05, 4.69) is 21.2 Å². The molecule has 0 bridgehead atoms. The highest BCUT2D eigenvalue weighted by Crippen LogP contribution is 2.36. The molecule has 19 heavy (non-hydrogen) atoms. The van der Waals surface area contributed by atoms with Gasteiger partial charge in [-0.1, -0.05) is 0 Å². The van der Waals surface area contributed by atoms with Gasteiger partial charge >= 0.3 is 0 Å². The van der Waals surface area contributed by atoms with Crippen LogP contribution in [-0.4, -0.2) is 25.7 Å². The highest BCUT2D eigenvalue weighted by Gasteiger charge is 2.21. The van der Waals surface area contributed by atoms with Gasteiger partial charge in [-0.3, -0.25) is 4.79 Å². The van der Waals surface area contributed by atoms with Gasteiger partial charge in [0, 0.05) is 6.54 Å². The number of benzene rings is 1. The second-order valence-electron chi connectivity index (χ2n) is 4.72. The first kappa shape index (κ1) is 15.8. The maximum Gasteiger partial charge on any atom is 0.239 e. The molecule has 0 aromatic heterocycles. The average Bonchev–Trinajstić information content (AvgIpc) is 2.33. The lowest BCUT2D eigenvalue weighted by atomic mass is 10.1. The van der Waals surface area contributed by atoms with E-state index in [0.717, 1.165) is 10.0 Å². The number of ether oxygens (including phenoxy) is 2. The molecule has 0 spiro atoms. The maximum absolute atomic E-state index is 11.7. The minimum Gasteiger partial charge on any atom is -0.493 e. The van der Waals surface area contributed by atoms with Gasteiger partial charge in [0.1, 0.15) is 0 Å². The predicted octanol–water partition coefficient (Wildman–Crippen LogP) is 1.82. The zero-order chi connectivity index (χ0) is 14.6. The Morgan fingerprint density at radius 2 is 2.00 bits per heavy atom. The summed E-state index contributed by atoms with van der Waals surface area (Å²) in [6, 6.07) is 3.68. The van der Waals surface area contributed by atoms with E-state index in [1.54, 1.807) is 28.1 Å². The van der Waals surface area contributed by atoms with Crippen LogP contribution in [0.15, 0.2) is 16.6 Å². The van der Waals surface area contributed by atoms with E-state index < -0.39 is 5.54 Å². The van der Waals surface area contributed by atoms with Crippen molar-refractivity contribution in [2.24, 2.45) is 5.73 Å². The molecule has 0 saturated carbocycles. The molecule has 1 aromatic rings. The van der Waals surface area contributed by atoms with Gasteiger partial charge < -0.3 is 20.5 Å². The number of nitrogens with one attached hydrogen (secondary N) is 1. The summed E-state index contributed by atoms with van der Waals surface area (Å²) in [5.41, 5.74) is 5.70. The van der Waals surface area contributed by atoms with Gasteiger partial charge in [-0.25, -0.2) is 0 Å². The Balaban J connectivity index is 2.86. The summed E-state index contributed by atoms with van der Waals surface area (Å²) in [5.74, 6) is 1.02. The number of nitrogens with two attached hydrogens (primary N) is 1. The Morgan fingerprint density at radius 1 is 1.37 bits per heavy atom. The van der Waals surface area contributed by atoms with Crippen molar-refractivity contribution in [3.63, 3.8) is 0 Å². The Morgan fingerprint density at radius 3 is 2.47 bits per heavy atom. The minimum atomic E-state index is -0.895. The normalized spacial score (nSPS) is 11.1. The average molecular weight is 331 g/mol. The molecule has 0 heterocycles. The van der Waals surface area contributed by atoms with Crippen LogP contribution in [0.3, 0.4) is 0 Å². The van der Waals surface area contributed by atoms with E-state index in [1.807, 2.05) is 12.1 Å². The van der Waals surface area contributed by atoms with Crippen LogP contribution in [0.5, 0.6) is 11.5 Å². The van der Waals surface area contributed by atoms with Crippen molar-refractivity contribution < 1.29 is 14.3 Å². The Kier molecular flexibility index (Phi) is 5.20. The van der Waals surface area contributed by atoms with E-state index >= 15 is 0 Å². The molecule has 0 fully saturated rings. The van der Waals surface area contributed by atoms with Crippen molar-refractivity contribution in [2.75, 3.05) is 14.2 Å². The lowest BCUT2D eigenvalue weighted by Gasteiger charge is -2.18. The zero-order valence-electron chi connectivity index (χ0n) is 11.5. The maximum atomic E-state index is 11.7. The predicted molar refractivity (Wildman–Crippen MR) is 77.4 cm³/mol. The van der Waals surface area contributed by atoms with Gasteiger partial charge in [0.05, 0.1) is 24.2 Å². The summed E-state index contributed by atoms with van der Waals surface area (Å²) in [6.07, 6.45) is 0. The summed E-state index contributed by atoms with van der Waals surface area (Å²) in [5, 5.41) is 2.77. The van der Waals surface area contributed by atoms with Crippen molar-refractivity contribution in [3.8, 4) is 11.5 Å². The number of hydrogen-bond donors (Lipinski definition) is 2. The lowest BCUT2D eigenvalue weighted by molar-refractivity contribution is -0.125. The molecule has 0 aliphatic rings. The van der Waals surface area contributed by atoms with Crippen LogP contribution in [0.1, 0.15) is 19.4 Å². The topological polar surface area (TPSA) is 73.6 Å². The number of methoxy groups -OCH3 is 2. The van der Waals surface area contributed by atoms with Gasteiger partial charge in [-0.05, 0) is 47.5 Å². The summed E-state index contributed by atoms with van der Waals surface area (Å²) in [6.45, 7) is 3.69. The van der Waals surface area contributed by atoms with Crippen LogP contribution in [-0.2, 0) is 11.3 Å². The number of carbonyl (C=O) groups is 1. The van der Waals surface area contributed by atoms with Gasteiger partial charge in [-0.15, -0.1) is 0 Å². The number of rotatable bonds is 5. The third kappa shape index (κ3) is 4.11. The van der Waals surface area contributed by atoms with E-state index in [9.17, 15) is 4.79 Å². The Labute approximate surface area is 121 Å². The molecular weight excluding hydrogens is 312 g/mol. The van der Waals surface area contributed by atoms with Crippen LogP contribution >= 0.6 is 15.9 Å². The second-order valence-corrected chi connectivity index (χ2v) is 5.57. The molecule has 0 unspecified atom stereocenters. The first-order valence-corrected chi connectivity index (χ1v) is 6.56. The van der Waals surface area contributed by atoms with Crippen molar-refractivity contribution in [3.05, 3.63) is 22.2 Å². The molecule has 0 aliphatic carbocycles. The third-order valence-corrected chi connectivity index (χ3v) is 3.12. The molecule has 0 saturated heterocycles. The van der Waals surface area contributed by atoms with Gasteiger partial charge in [0.15, 0.2) is 11.5 Å². The smallest absolute Gasteiger partial charge is 0.239 e. The fraction of sp³-hybridized carbons (Fsp3) is 0.462. The van der Waals surface area contributed by atoms with Gasteiger partial charge in [-0.2, -0.15) is 0 Å². The van der Waals surface area contributed by atoms with Crippen molar-refractivity contribution in [2.45, 2.75) is 25.9 Å². The molecule has 1 amide bonds. The number of halogens is 1. The van der Waals surface area contributed by atoms with Crippen molar-refractivity contribution in [1.82, 2.24) is 5.32 Å². The monoisotopic (exact) mass is 330 g/mol. The van der Waals surface area contributed by atoms with E-state index in [0.29, 0.717) is 18.0 Å². The minimum absolute atomic E-state index is 0.210. The number of carbonyl (C=O) groups excluding carboxylic acids is 1. The van der Waals surface area contributed by atoms with Crippen molar-refractivity contribution in [1.29, 1.82) is 0 Å². The van der Waals surface area contributed by atoms with E-state index in [4.69, 9.17) is 15.2 Å². The zero-order valence-corrected chi connectivity index (χ0v) is 13.1. The molecule has 1 rings (SSSR count). The van der Waals surface area contributed by atoms with Crippen molar-refractivity contribution >= 4 is 21.8 Å². The second kappa shape index (κ2) is 6.25. The number of amides is 1. The molecule has 6 heteroatoms. The first-order chi connectivity index (χ1) is 8.79. The van der Waals surface area contributed by atoms with Crippen LogP contribution in [0.4, 0.5) is 0 Å². The SMILES string of the molecule is COc1cc(CNC(=O)C(C)(C)N)cc(Br)c1OC. The van der Waals surface area contributed by atoms with Crippen LogP contribution in [0.2, 0.25) is 0 Å². The molecule has 0 atom stereocenters. The summed E-state index contributed by atoms with van der Waals surface area (Å²) in [7, 11) is 3.14. The Hall–Kier alpha value is -1.27. The molecule has 106 valence electrons. The van der Waals surface area contributed by atoms with Crippen LogP contribution in [0, 0.1) is 0 Å².